The molecule has 0 atom stereocenters. The predicted molar refractivity (Wildman–Crippen MR) is 42.5 cm³/mol. The summed E-state index contributed by atoms with van der Waals surface area (Å²) in [5.74, 6) is 0. The van der Waals surface area contributed by atoms with Crippen LogP contribution < -0.4 is 0 Å². The number of rotatable bonds is 2. The topological polar surface area (TPSA) is 63.0 Å². The molecule has 0 aliphatic heterocycles. The average Bonchev–Trinajstić information content (AvgIpc) is 2.03. The van der Waals surface area contributed by atoms with Crippen molar-refractivity contribution in [2.75, 3.05) is 0 Å². The highest BCUT2D eigenvalue weighted by atomic mass is 35.5. The van der Waals surface area contributed by atoms with Crippen LogP contribution >= 0.6 is 11.6 Å². The van der Waals surface area contributed by atoms with Crippen LogP contribution in [0.5, 0.6) is 0 Å². The molecule has 63 valence electrons. The molecule has 4 nitrogen and oxygen atoms in total. The summed E-state index contributed by atoms with van der Waals surface area (Å²) in [5, 5.41) is 21.1. The summed E-state index contributed by atoms with van der Waals surface area (Å²) in [6, 6.07) is 3.93. The predicted octanol–water partition coefficient (Wildman–Crippen LogP) is 2.18. The Balaban J connectivity index is 3.20. The molecule has 0 aliphatic rings. The van der Waals surface area contributed by atoms with Crippen molar-refractivity contribution >= 4 is 17.3 Å². The van der Waals surface area contributed by atoms with Gasteiger partial charge in [-0.25, -0.2) is 5.11 Å². The summed E-state index contributed by atoms with van der Waals surface area (Å²) in [6.07, 6.45) is 0. The lowest BCUT2D eigenvalue weighted by Gasteiger charge is -1.97. The Labute approximate surface area is 73.5 Å². The number of hydrogen-bond acceptors (Lipinski definition) is 2. The standard InChI is InChI=1S/C7H5ClNO3/c8-6-1-2-7(9(11)12)5(3-6)4-10/h1-3H,4H2. The smallest absolute Gasteiger partial charge is 0.258 e. The largest absolute Gasteiger partial charge is 0.275 e. The second kappa shape index (κ2) is 3.51. The Morgan fingerprint density at radius 3 is 2.67 bits per heavy atom. The summed E-state index contributed by atoms with van der Waals surface area (Å²) in [5.41, 5.74) is -0.0538. The summed E-state index contributed by atoms with van der Waals surface area (Å²) in [4.78, 5) is 9.72. The van der Waals surface area contributed by atoms with E-state index in [2.05, 4.69) is 0 Å². The molecule has 0 fully saturated rings. The molecule has 1 aromatic rings. The molecule has 1 rings (SSSR count). The minimum atomic E-state index is -0.628. The first-order valence-electron chi connectivity index (χ1n) is 3.16. The first-order chi connectivity index (χ1) is 5.65. The third-order valence-electron chi connectivity index (χ3n) is 1.39. The van der Waals surface area contributed by atoms with Gasteiger partial charge in [-0.15, -0.1) is 0 Å². The van der Waals surface area contributed by atoms with Gasteiger partial charge in [0.25, 0.3) is 5.69 Å². The maximum atomic E-state index is 10.4. The van der Waals surface area contributed by atoms with Crippen LogP contribution in [0.4, 0.5) is 5.69 Å². The lowest BCUT2D eigenvalue weighted by molar-refractivity contribution is -0.386. The van der Waals surface area contributed by atoms with Crippen molar-refractivity contribution in [1.29, 1.82) is 0 Å². The normalized spacial score (nSPS) is 9.83. The molecule has 5 heteroatoms. The zero-order valence-electron chi connectivity index (χ0n) is 5.99. The van der Waals surface area contributed by atoms with Crippen LogP contribution in [-0.4, -0.2) is 4.92 Å². The van der Waals surface area contributed by atoms with E-state index >= 15 is 0 Å². The summed E-state index contributed by atoms with van der Waals surface area (Å²) < 4.78 is 0. The summed E-state index contributed by atoms with van der Waals surface area (Å²) >= 11 is 5.54. The summed E-state index contributed by atoms with van der Waals surface area (Å²) in [7, 11) is 0. The SMILES string of the molecule is [O]Cc1cc(Cl)ccc1[N+](=O)[O-]. The molecule has 0 amide bonds. The van der Waals surface area contributed by atoms with Gasteiger partial charge >= 0.3 is 0 Å². The van der Waals surface area contributed by atoms with Crippen molar-refractivity contribution in [3.8, 4) is 0 Å². The van der Waals surface area contributed by atoms with Crippen LogP contribution in [0.1, 0.15) is 5.56 Å². The molecule has 0 N–H and O–H groups in total. The van der Waals surface area contributed by atoms with Crippen molar-refractivity contribution in [3.05, 3.63) is 38.9 Å². The van der Waals surface area contributed by atoms with Gasteiger partial charge in [-0.2, -0.15) is 0 Å². The number of nitro benzene ring substituents is 1. The number of halogens is 1. The van der Waals surface area contributed by atoms with E-state index in [9.17, 15) is 15.2 Å². The van der Waals surface area contributed by atoms with Gasteiger partial charge in [0.1, 0.15) is 6.61 Å². The highest BCUT2D eigenvalue weighted by molar-refractivity contribution is 6.30. The van der Waals surface area contributed by atoms with E-state index in [0.717, 1.165) is 0 Å². The Kier molecular flexibility index (Phi) is 2.62. The van der Waals surface area contributed by atoms with Crippen LogP contribution in [0, 0.1) is 10.1 Å². The van der Waals surface area contributed by atoms with E-state index in [1.165, 1.54) is 18.2 Å². The van der Waals surface area contributed by atoms with Crippen LogP contribution in [0.25, 0.3) is 0 Å². The maximum absolute atomic E-state index is 10.4. The highest BCUT2D eigenvalue weighted by Gasteiger charge is 2.12. The van der Waals surface area contributed by atoms with Gasteiger partial charge in [0, 0.05) is 11.1 Å². The monoisotopic (exact) mass is 186 g/mol. The summed E-state index contributed by atoms with van der Waals surface area (Å²) in [6.45, 7) is -0.628. The third-order valence-corrected chi connectivity index (χ3v) is 1.63. The molecular formula is C7H5ClNO3. The van der Waals surface area contributed by atoms with Crippen molar-refractivity contribution < 1.29 is 10.0 Å². The molecule has 0 spiro atoms. The van der Waals surface area contributed by atoms with Gasteiger partial charge in [0.05, 0.1) is 10.5 Å². The zero-order chi connectivity index (χ0) is 9.14. The van der Waals surface area contributed by atoms with Crippen LogP contribution in [0.3, 0.4) is 0 Å². The molecule has 0 saturated carbocycles. The molecule has 0 aliphatic carbocycles. The maximum Gasteiger partial charge on any atom is 0.275 e. The van der Waals surface area contributed by atoms with E-state index < -0.39 is 11.5 Å². The van der Waals surface area contributed by atoms with Crippen molar-refractivity contribution in [3.63, 3.8) is 0 Å². The van der Waals surface area contributed by atoms with Gasteiger partial charge in [-0.3, -0.25) is 10.1 Å². The lowest BCUT2D eigenvalue weighted by atomic mass is 10.2. The minimum absolute atomic E-state index is 0.118. The second-order valence-corrected chi connectivity index (χ2v) is 2.61. The van der Waals surface area contributed by atoms with Gasteiger partial charge in [0.2, 0.25) is 0 Å². The molecule has 1 radical (unpaired) electrons. The van der Waals surface area contributed by atoms with Crippen molar-refractivity contribution in [1.82, 2.24) is 0 Å². The molecule has 0 heterocycles. The highest BCUT2D eigenvalue weighted by Crippen LogP contribution is 2.22. The Morgan fingerprint density at radius 2 is 2.17 bits per heavy atom. The first kappa shape index (κ1) is 8.96. The average molecular weight is 187 g/mol. The number of nitrogens with zero attached hydrogens (tertiary/aromatic N) is 1. The van der Waals surface area contributed by atoms with E-state index in [1.54, 1.807) is 0 Å². The van der Waals surface area contributed by atoms with Crippen molar-refractivity contribution in [2.45, 2.75) is 6.61 Å². The molecule has 0 unspecified atom stereocenters. The Bertz CT molecular complexity index is 314. The molecule has 0 aromatic heterocycles. The molecule has 1 aromatic carbocycles. The number of benzene rings is 1. The van der Waals surface area contributed by atoms with Gasteiger partial charge < -0.3 is 0 Å². The number of hydrogen-bond donors (Lipinski definition) is 0. The quantitative estimate of drug-likeness (QED) is 0.525. The fraction of sp³-hybridized carbons (Fsp3) is 0.143. The molecule has 12 heavy (non-hydrogen) atoms. The zero-order valence-corrected chi connectivity index (χ0v) is 6.75. The van der Waals surface area contributed by atoms with E-state index in [0.29, 0.717) is 5.02 Å². The van der Waals surface area contributed by atoms with Gasteiger partial charge in [0.15, 0.2) is 0 Å². The second-order valence-electron chi connectivity index (χ2n) is 2.17. The minimum Gasteiger partial charge on any atom is -0.258 e. The van der Waals surface area contributed by atoms with E-state index in [1.807, 2.05) is 0 Å². The first-order valence-corrected chi connectivity index (χ1v) is 3.54. The van der Waals surface area contributed by atoms with Crippen LogP contribution in [0.2, 0.25) is 5.02 Å². The van der Waals surface area contributed by atoms with E-state index in [-0.39, 0.29) is 11.3 Å². The van der Waals surface area contributed by atoms with Crippen LogP contribution in [0.15, 0.2) is 18.2 Å². The van der Waals surface area contributed by atoms with Crippen LogP contribution in [-0.2, 0) is 11.7 Å². The number of nitro groups is 1. The fourth-order valence-electron chi connectivity index (χ4n) is 0.848. The van der Waals surface area contributed by atoms with Crippen molar-refractivity contribution in [2.24, 2.45) is 0 Å². The fourth-order valence-corrected chi connectivity index (χ4v) is 1.04. The lowest BCUT2D eigenvalue weighted by Crippen LogP contribution is -1.94. The molecule has 0 saturated heterocycles. The molecular weight excluding hydrogens is 182 g/mol. The molecule has 0 bridgehead atoms. The van der Waals surface area contributed by atoms with E-state index in [4.69, 9.17) is 11.6 Å². The van der Waals surface area contributed by atoms with Gasteiger partial charge in [-0.05, 0) is 12.1 Å². The van der Waals surface area contributed by atoms with Gasteiger partial charge in [-0.1, -0.05) is 11.6 Å². The Hall–Kier alpha value is -1.13. The third kappa shape index (κ3) is 1.72. The Morgan fingerprint density at radius 1 is 1.50 bits per heavy atom.